The maximum Gasteiger partial charge on any atom is 0.326 e. The van der Waals surface area contributed by atoms with Crippen molar-refractivity contribution in [1.82, 2.24) is 4.90 Å². The minimum absolute atomic E-state index is 0.0910. The number of carboxylic acids is 1. The first kappa shape index (κ1) is 15.6. The Morgan fingerprint density at radius 2 is 2.09 bits per heavy atom. The highest BCUT2D eigenvalue weighted by Gasteiger charge is 2.49. The van der Waals surface area contributed by atoms with Gasteiger partial charge in [0.2, 0.25) is 0 Å². The third-order valence-corrected chi connectivity index (χ3v) is 4.87. The Balaban J connectivity index is 1.64. The summed E-state index contributed by atoms with van der Waals surface area (Å²) in [6, 6.07) is 6.29. The minimum atomic E-state index is -0.908. The number of carboxylic acid groups (broad SMARTS) is 1. The zero-order valence-electron chi connectivity index (χ0n) is 13.1. The van der Waals surface area contributed by atoms with E-state index in [2.05, 4.69) is 0 Å². The van der Waals surface area contributed by atoms with Crippen molar-refractivity contribution in [2.24, 2.45) is 11.8 Å². The third kappa shape index (κ3) is 3.11. The predicted molar refractivity (Wildman–Crippen MR) is 82.5 cm³/mol. The van der Waals surface area contributed by atoms with Gasteiger partial charge in [0, 0.05) is 12.6 Å². The summed E-state index contributed by atoms with van der Waals surface area (Å²) in [4.78, 5) is 25.5. The molecule has 0 bridgehead atoms. The molecule has 23 heavy (non-hydrogen) atoms. The zero-order valence-corrected chi connectivity index (χ0v) is 13.1. The monoisotopic (exact) mass is 319 g/mol. The number of fused-ring (bicyclic) bond motifs is 1. The number of hydrogen-bond acceptors (Lipinski definition) is 4. The lowest BCUT2D eigenvalue weighted by Crippen LogP contribution is -2.45. The average Bonchev–Trinajstić information content (AvgIpc) is 3.13. The molecule has 124 valence electrons. The number of carbonyl (C=O) groups is 2. The largest absolute Gasteiger partial charge is 0.497 e. The SMILES string of the molecule is COc1cccc(OCC(=O)N2C[C@@H]3CCC[C@H]3[C@H]2C(=O)O)c1. The van der Waals surface area contributed by atoms with E-state index in [4.69, 9.17) is 9.47 Å². The summed E-state index contributed by atoms with van der Waals surface area (Å²) < 4.78 is 10.6. The molecule has 6 heteroatoms. The highest BCUT2D eigenvalue weighted by atomic mass is 16.5. The van der Waals surface area contributed by atoms with Gasteiger partial charge in [0.15, 0.2) is 6.61 Å². The topological polar surface area (TPSA) is 76.1 Å². The van der Waals surface area contributed by atoms with Gasteiger partial charge in [-0.3, -0.25) is 4.79 Å². The molecule has 1 aliphatic heterocycles. The third-order valence-electron chi connectivity index (χ3n) is 4.87. The lowest BCUT2D eigenvalue weighted by atomic mass is 9.94. The number of nitrogens with zero attached hydrogens (tertiary/aromatic N) is 1. The van der Waals surface area contributed by atoms with Crippen LogP contribution in [0.5, 0.6) is 11.5 Å². The second kappa shape index (κ2) is 6.48. The second-order valence-corrected chi connectivity index (χ2v) is 6.15. The summed E-state index contributed by atoms with van der Waals surface area (Å²) >= 11 is 0. The van der Waals surface area contributed by atoms with E-state index >= 15 is 0 Å². The maximum absolute atomic E-state index is 12.4. The normalized spacial score (nSPS) is 26.0. The Bertz CT molecular complexity index is 602. The fourth-order valence-corrected chi connectivity index (χ4v) is 3.80. The fraction of sp³-hybridized carbons (Fsp3) is 0.529. The van der Waals surface area contributed by atoms with Crippen LogP contribution in [0.2, 0.25) is 0 Å². The molecule has 2 aliphatic rings. The summed E-state index contributed by atoms with van der Waals surface area (Å²) in [5, 5.41) is 9.48. The molecule has 1 saturated heterocycles. The van der Waals surface area contributed by atoms with Gasteiger partial charge in [-0.1, -0.05) is 12.5 Å². The molecular formula is C17H21NO5. The lowest BCUT2D eigenvalue weighted by Gasteiger charge is -2.24. The summed E-state index contributed by atoms with van der Waals surface area (Å²) in [6.45, 7) is 0.373. The first-order valence-corrected chi connectivity index (χ1v) is 7.89. The molecule has 1 aliphatic carbocycles. The van der Waals surface area contributed by atoms with Gasteiger partial charge in [0.05, 0.1) is 7.11 Å². The molecule has 1 N–H and O–H groups in total. The molecule has 1 heterocycles. The van der Waals surface area contributed by atoms with Gasteiger partial charge in [0.25, 0.3) is 5.91 Å². The molecule has 1 saturated carbocycles. The van der Waals surface area contributed by atoms with Crippen molar-refractivity contribution in [3.8, 4) is 11.5 Å². The van der Waals surface area contributed by atoms with E-state index in [1.165, 1.54) is 4.90 Å². The number of benzene rings is 1. The smallest absolute Gasteiger partial charge is 0.326 e. The van der Waals surface area contributed by atoms with Crippen molar-refractivity contribution < 1.29 is 24.2 Å². The van der Waals surface area contributed by atoms with E-state index < -0.39 is 12.0 Å². The molecule has 0 unspecified atom stereocenters. The number of hydrogen-bond donors (Lipinski definition) is 1. The van der Waals surface area contributed by atoms with Crippen LogP contribution in [-0.4, -0.2) is 48.2 Å². The Morgan fingerprint density at radius 3 is 2.83 bits per heavy atom. The highest BCUT2D eigenvalue weighted by Crippen LogP contribution is 2.42. The number of aliphatic carboxylic acids is 1. The molecule has 0 spiro atoms. The molecule has 1 aromatic rings. The summed E-state index contributed by atoms with van der Waals surface area (Å²) in [5.74, 6) is 0.409. The van der Waals surface area contributed by atoms with Crippen molar-refractivity contribution in [2.45, 2.75) is 25.3 Å². The minimum Gasteiger partial charge on any atom is -0.497 e. The molecular weight excluding hydrogens is 298 g/mol. The van der Waals surface area contributed by atoms with E-state index in [1.54, 1.807) is 31.4 Å². The van der Waals surface area contributed by atoms with Crippen LogP contribution in [0.3, 0.4) is 0 Å². The Hall–Kier alpha value is -2.24. The number of ether oxygens (including phenoxy) is 2. The molecule has 1 amide bonds. The van der Waals surface area contributed by atoms with Crippen molar-refractivity contribution in [1.29, 1.82) is 0 Å². The van der Waals surface area contributed by atoms with E-state index in [1.807, 2.05) is 0 Å². The lowest BCUT2D eigenvalue weighted by molar-refractivity contribution is -0.150. The first-order valence-electron chi connectivity index (χ1n) is 7.89. The molecule has 1 aromatic carbocycles. The van der Waals surface area contributed by atoms with E-state index in [0.29, 0.717) is 24.0 Å². The summed E-state index contributed by atoms with van der Waals surface area (Å²) in [7, 11) is 1.56. The van der Waals surface area contributed by atoms with Gasteiger partial charge >= 0.3 is 5.97 Å². The molecule has 6 nitrogen and oxygen atoms in total. The van der Waals surface area contributed by atoms with Crippen LogP contribution < -0.4 is 9.47 Å². The van der Waals surface area contributed by atoms with Crippen LogP contribution in [0, 0.1) is 11.8 Å². The summed E-state index contributed by atoms with van der Waals surface area (Å²) in [6.07, 6.45) is 2.96. The maximum atomic E-state index is 12.4. The Morgan fingerprint density at radius 1 is 1.30 bits per heavy atom. The molecule has 3 rings (SSSR count). The van der Waals surface area contributed by atoms with Crippen LogP contribution >= 0.6 is 0 Å². The van der Waals surface area contributed by atoms with E-state index in [0.717, 1.165) is 19.3 Å². The average molecular weight is 319 g/mol. The van der Waals surface area contributed by atoms with Crippen LogP contribution in [0.25, 0.3) is 0 Å². The van der Waals surface area contributed by atoms with Gasteiger partial charge in [0.1, 0.15) is 17.5 Å². The van der Waals surface area contributed by atoms with Gasteiger partial charge < -0.3 is 19.5 Å². The van der Waals surface area contributed by atoms with E-state index in [-0.39, 0.29) is 18.4 Å². The first-order chi connectivity index (χ1) is 11.1. The van der Waals surface area contributed by atoms with Crippen molar-refractivity contribution >= 4 is 11.9 Å². The second-order valence-electron chi connectivity index (χ2n) is 6.15. The molecule has 0 aromatic heterocycles. The standard InChI is InChI=1S/C17H21NO5/c1-22-12-5-3-6-13(8-12)23-10-15(19)18-9-11-4-2-7-14(11)16(18)17(20)21/h3,5-6,8,11,14,16H,2,4,7,9-10H2,1H3,(H,20,21)/t11-,14+,16-/m0/s1. The quantitative estimate of drug-likeness (QED) is 0.895. The zero-order chi connectivity index (χ0) is 16.4. The number of rotatable bonds is 5. The van der Waals surface area contributed by atoms with Crippen LogP contribution in [0.15, 0.2) is 24.3 Å². The fourth-order valence-electron chi connectivity index (χ4n) is 3.80. The van der Waals surface area contributed by atoms with Crippen molar-refractivity contribution in [2.75, 3.05) is 20.3 Å². The number of methoxy groups -OCH3 is 1. The number of amides is 1. The number of carbonyl (C=O) groups excluding carboxylic acids is 1. The molecule has 3 atom stereocenters. The van der Waals surface area contributed by atoms with Crippen LogP contribution in [0.4, 0.5) is 0 Å². The number of likely N-dealkylation sites (tertiary alicyclic amines) is 1. The van der Waals surface area contributed by atoms with Crippen LogP contribution in [-0.2, 0) is 9.59 Å². The Kier molecular flexibility index (Phi) is 4.41. The molecule has 2 fully saturated rings. The Labute approximate surface area is 135 Å². The highest BCUT2D eigenvalue weighted by molar-refractivity contribution is 5.85. The van der Waals surface area contributed by atoms with Gasteiger partial charge in [-0.05, 0) is 36.8 Å². The van der Waals surface area contributed by atoms with Gasteiger partial charge in [-0.25, -0.2) is 4.79 Å². The van der Waals surface area contributed by atoms with Crippen molar-refractivity contribution in [3.05, 3.63) is 24.3 Å². The molecule has 0 radical (unpaired) electrons. The van der Waals surface area contributed by atoms with Gasteiger partial charge in [-0.2, -0.15) is 0 Å². The predicted octanol–water partition coefficient (Wildman–Crippen LogP) is 1.79. The van der Waals surface area contributed by atoms with Gasteiger partial charge in [-0.15, -0.1) is 0 Å². The van der Waals surface area contributed by atoms with Crippen LogP contribution in [0.1, 0.15) is 19.3 Å². The summed E-state index contributed by atoms with van der Waals surface area (Å²) in [5.41, 5.74) is 0. The van der Waals surface area contributed by atoms with Crippen molar-refractivity contribution in [3.63, 3.8) is 0 Å². The van der Waals surface area contributed by atoms with E-state index in [9.17, 15) is 14.7 Å².